The van der Waals surface area contributed by atoms with Crippen molar-refractivity contribution in [3.63, 3.8) is 0 Å². The Morgan fingerprint density at radius 1 is 1.56 bits per heavy atom. The lowest BCUT2D eigenvalue weighted by Crippen LogP contribution is -2.06. The lowest BCUT2D eigenvalue weighted by Gasteiger charge is -2.03. The van der Waals surface area contributed by atoms with Crippen LogP contribution >= 0.6 is 0 Å². The van der Waals surface area contributed by atoms with Gasteiger partial charge in [0.05, 0.1) is 6.26 Å². The minimum Gasteiger partial charge on any atom is -0.451 e. The zero-order chi connectivity index (χ0) is 7.28. The Morgan fingerprint density at radius 3 is 2.44 bits per heavy atom. The summed E-state index contributed by atoms with van der Waals surface area (Å²) < 4.78 is 4.86. The number of nitrogens with one attached hydrogen (secondary N) is 1. The maximum atomic E-state index is 7.17. The smallest absolute Gasteiger partial charge is 0.188 e. The molecule has 0 aliphatic rings. The summed E-state index contributed by atoms with van der Waals surface area (Å²) in [5, 5.41) is 7.17. The molecule has 2 heteroatoms. The van der Waals surface area contributed by atoms with Crippen LogP contribution in [0.15, 0.2) is 12.3 Å². The van der Waals surface area contributed by atoms with Crippen LogP contribution in [0, 0.1) is 11.3 Å². The molecule has 0 aromatic rings. The second-order valence-corrected chi connectivity index (χ2v) is 2.11. The predicted octanol–water partition coefficient (Wildman–Crippen LogP) is 2.17. The van der Waals surface area contributed by atoms with Crippen molar-refractivity contribution < 1.29 is 4.74 Å². The first kappa shape index (κ1) is 8.21. The molecule has 0 heterocycles. The van der Waals surface area contributed by atoms with Crippen molar-refractivity contribution in [2.24, 2.45) is 5.92 Å². The average Bonchev–Trinajstić information content (AvgIpc) is 1.82. The van der Waals surface area contributed by atoms with Crippen LogP contribution in [-0.4, -0.2) is 5.90 Å². The molecule has 0 bridgehead atoms. The maximum absolute atomic E-state index is 7.17. The van der Waals surface area contributed by atoms with E-state index in [1.807, 2.05) is 20.8 Å². The molecule has 52 valence electrons. The molecule has 0 aliphatic heterocycles. The van der Waals surface area contributed by atoms with Crippen LogP contribution in [0.2, 0.25) is 0 Å². The second-order valence-electron chi connectivity index (χ2n) is 2.11. The third-order valence-electron chi connectivity index (χ3n) is 0.855. The highest BCUT2D eigenvalue weighted by atomic mass is 16.5. The number of ether oxygens (including phenoxy) is 1. The Labute approximate surface area is 56.0 Å². The summed E-state index contributed by atoms with van der Waals surface area (Å²) in [5.74, 6) is 0.495. The molecule has 0 saturated carbocycles. The SMILES string of the molecule is C/C=C\OC(=N)C(C)C. The summed E-state index contributed by atoms with van der Waals surface area (Å²) in [5.41, 5.74) is 0. The third kappa shape index (κ3) is 3.76. The summed E-state index contributed by atoms with van der Waals surface area (Å²) in [6.45, 7) is 5.70. The Bertz CT molecular complexity index is 116. The van der Waals surface area contributed by atoms with E-state index in [1.54, 1.807) is 6.08 Å². The lowest BCUT2D eigenvalue weighted by atomic mass is 10.2. The Hall–Kier alpha value is -0.790. The van der Waals surface area contributed by atoms with Gasteiger partial charge in [-0.2, -0.15) is 0 Å². The molecule has 0 atom stereocenters. The number of hydrogen-bond acceptors (Lipinski definition) is 2. The standard InChI is InChI=1S/C7H13NO/c1-4-5-9-7(8)6(2)3/h4-6,8H,1-3H3/b5-4-,8-7?. The fraction of sp³-hybridized carbons (Fsp3) is 0.571. The molecule has 0 aromatic carbocycles. The molecule has 0 radical (unpaired) electrons. The molecule has 0 fully saturated rings. The number of rotatable bonds is 2. The van der Waals surface area contributed by atoms with Crippen LogP contribution in [0.25, 0.3) is 0 Å². The molecule has 0 aromatic heterocycles. The largest absolute Gasteiger partial charge is 0.451 e. The minimum absolute atomic E-state index is 0.182. The highest BCUT2D eigenvalue weighted by Crippen LogP contribution is 1.95. The van der Waals surface area contributed by atoms with E-state index < -0.39 is 0 Å². The molecule has 2 nitrogen and oxygen atoms in total. The number of allylic oxidation sites excluding steroid dienone is 1. The van der Waals surface area contributed by atoms with Gasteiger partial charge in [0.1, 0.15) is 0 Å². The van der Waals surface area contributed by atoms with Gasteiger partial charge in [-0.1, -0.05) is 19.9 Å². The van der Waals surface area contributed by atoms with Gasteiger partial charge in [0, 0.05) is 5.92 Å². The first-order valence-corrected chi connectivity index (χ1v) is 3.04. The van der Waals surface area contributed by atoms with E-state index in [0.29, 0.717) is 5.90 Å². The van der Waals surface area contributed by atoms with Crippen LogP contribution in [0.3, 0.4) is 0 Å². The van der Waals surface area contributed by atoms with E-state index in [9.17, 15) is 0 Å². The van der Waals surface area contributed by atoms with Crippen molar-refractivity contribution in [2.75, 3.05) is 0 Å². The third-order valence-corrected chi connectivity index (χ3v) is 0.855. The van der Waals surface area contributed by atoms with Crippen molar-refractivity contribution in [3.05, 3.63) is 12.3 Å². The van der Waals surface area contributed by atoms with Crippen molar-refractivity contribution >= 4 is 5.90 Å². The monoisotopic (exact) mass is 127 g/mol. The van der Waals surface area contributed by atoms with Crippen LogP contribution < -0.4 is 0 Å². The molecule has 0 saturated heterocycles. The van der Waals surface area contributed by atoms with Gasteiger partial charge in [0.25, 0.3) is 0 Å². The first-order chi connectivity index (χ1) is 4.18. The van der Waals surface area contributed by atoms with Crippen molar-refractivity contribution in [2.45, 2.75) is 20.8 Å². The normalized spacial score (nSPS) is 10.7. The zero-order valence-corrected chi connectivity index (χ0v) is 6.14. The van der Waals surface area contributed by atoms with Crippen molar-refractivity contribution in [3.8, 4) is 0 Å². The molecule has 0 aliphatic carbocycles. The van der Waals surface area contributed by atoms with Gasteiger partial charge in [-0.3, -0.25) is 5.41 Å². The quantitative estimate of drug-likeness (QED) is 0.344. The second kappa shape index (κ2) is 4.13. The van der Waals surface area contributed by atoms with Crippen LogP contribution in [0.4, 0.5) is 0 Å². The summed E-state index contributed by atoms with van der Waals surface area (Å²) >= 11 is 0. The van der Waals surface area contributed by atoms with E-state index in [-0.39, 0.29) is 5.92 Å². The van der Waals surface area contributed by atoms with E-state index in [1.165, 1.54) is 6.26 Å². The van der Waals surface area contributed by atoms with Gasteiger partial charge in [-0.25, -0.2) is 0 Å². The molecule has 0 amide bonds. The number of hydrogen-bond donors (Lipinski definition) is 1. The summed E-state index contributed by atoms with van der Waals surface area (Å²) in [7, 11) is 0. The maximum Gasteiger partial charge on any atom is 0.188 e. The first-order valence-electron chi connectivity index (χ1n) is 3.04. The highest BCUT2D eigenvalue weighted by molar-refractivity contribution is 5.75. The Morgan fingerprint density at radius 2 is 2.11 bits per heavy atom. The summed E-state index contributed by atoms with van der Waals surface area (Å²) in [6.07, 6.45) is 3.28. The van der Waals surface area contributed by atoms with Gasteiger partial charge in [0.2, 0.25) is 0 Å². The molecular weight excluding hydrogens is 114 g/mol. The lowest BCUT2D eigenvalue weighted by molar-refractivity contribution is 0.431. The van der Waals surface area contributed by atoms with Crippen molar-refractivity contribution in [1.29, 1.82) is 5.41 Å². The van der Waals surface area contributed by atoms with E-state index >= 15 is 0 Å². The molecule has 1 N–H and O–H groups in total. The summed E-state index contributed by atoms with van der Waals surface area (Å²) in [4.78, 5) is 0. The van der Waals surface area contributed by atoms with Gasteiger partial charge < -0.3 is 4.74 Å². The van der Waals surface area contributed by atoms with Gasteiger partial charge in [-0.05, 0) is 6.92 Å². The molecule has 0 spiro atoms. The van der Waals surface area contributed by atoms with Gasteiger partial charge in [0.15, 0.2) is 5.90 Å². The van der Waals surface area contributed by atoms with Crippen LogP contribution in [0.1, 0.15) is 20.8 Å². The van der Waals surface area contributed by atoms with Gasteiger partial charge >= 0.3 is 0 Å². The van der Waals surface area contributed by atoms with Gasteiger partial charge in [-0.15, -0.1) is 0 Å². The Balaban J connectivity index is 3.51. The van der Waals surface area contributed by atoms with E-state index in [4.69, 9.17) is 10.1 Å². The molecule has 0 rings (SSSR count). The highest BCUT2D eigenvalue weighted by Gasteiger charge is 1.99. The summed E-state index contributed by atoms with van der Waals surface area (Å²) in [6, 6.07) is 0. The molecule has 9 heavy (non-hydrogen) atoms. The van der Waals surface area contributed by atoms with Crippen LogP contribution in [0.5, 0.6) is 0 Å². The van der Waals surface area contributed by atoms with Crippen LogP contribution in [-0.2, 0) is 4.74 Å². The minimum atomic E-state index is 0.182. The fourth-order valence-corrected chi connectivity index (χ4v) is 0.277. The fourth-order valence-electron chi connectivity index (χ4n) is 0.277. The van der Waals surface area contributed by atoms with E-state index in [2.05, 4.69) is 0 Å². The Kier molecular flexibility index (Phi) is 3.76. The topological polar surface area (TPSA) is 33.1 Å². The van der Waals surface area contributed by atoms with E-state index in [0.717, 1.165) is 0 Å². The van der Waals surface area contributed by atoms with Crippen molar-refractivity contribution in [1.82, 2.24) is 0 Å². The molecular formula is C7H13NO. The zero-order valence-electron chi connectivity index (χ0n) is 6.14. The predicted molar refractivity (Wildman–Crippen MR) is 38.5 cm³/mol. The average molecular weight is 127 g/mol. The molecule has 0 unspecified atom stereocenters.